The number of rotatable bonds is 2. The van der Waals surface area contributed by atoms with E-state index in [1.807, 2.05) is 6.92 Å². The van der Waals surface area contributed by atoms with Gasteiger partial charge in [0.05, 0.1) is 10.8 Å². The van der Waals surface area contributed by atoms with E-state index in [1.165, 1.54) is 33.3 Å². The Morgan fingerprint density at radius 1 is 1.00 bits per heavy atom. The van der Waals surface area contributed by atoms with Crippen molar-refractivity contribution >= 4 is 44.9 Å². The van der Waals surface area contributed by atoms with Gasteiger partial charge in [-0.2, -0.15) is 0 Å². The summed E-state index contributed by atoms with van der Waals surface area (Å²) in [5.41, 5.74) is 7.46. The molecule has 114 valence electrons. The van der Waals surface area contributed by atoms with Crippen molar-refractivity contribution in [2.24, 2.45) is 5.73 Å². The number of hydrogen-bond donors (Lipinski definition) is 1. The van der Waals surface area contributed by atoms with E-state index in [9.17, 15) is 4.79 Å². The molecule has 3 aromatic rings. The highest BCUT2D eigenvalue weighted by Gasteiger charge is 2.24. The van der Waals surface area contributed by atoms with Gasteiger partial charge in [-0.05, 0) is 52.7 Å². The Balaban J connectivity index is 1.83. The lowest BCUT2D eigenvalue weighted by Gasteiger charge is -2.20. The van der Waals surface area contributed by atoms with Crippen LogP contribution < -0.4 is 10.6 Å². The maximum absolute atomic E-state index is 11.5. The first kappa shape index (κ1) is 14.2. The average molecular weight is 320 g/mol. The summed E-state index contributed by atoms with van der Waals surface area (Å²) in [5, 5.41) is 4.90. The third-order valence-electron chi connectivity index (χ3n) is 4.30. The van der Waals surface area contributed by atoms with E-state index in [4.69, 9.17) is 5.73 Å². The molecule has 0 radical (unpaired) electrons. The molecule has 0 aromatic heterocycles. The molecule has 0 atom stereocenters. The second kappa shape index (κ2) is 5.32. The number of thioether (sulfide) groups is 1. The molecule has 1 amide bonds. The van der Waals surface area contributed by atoms with E-state index in [1.54, 1.807) is 0 Å². The molecule has 3 aromatic carbocycles. The zero-order valence-corrected chi connectivity index (χ0v) is 13.6. The van der Waals surface area contributed by atoms with Crippen LogP contribution in [0.5, 0.6) is 0 Å². The molecule has 0 spiro atoms. The van der Waals surface area contributed by atoms with Crippen LogP contribution in [0, 0.1) is 0 Å². The number of fused-ring (bicyclic) bond motifs is 2. The highest BCUT2D eigenvalue weighted by Crippen LogP contribution is 2.36. The molecule has 1 heterocycles. The summed E-state index contributed by atoms with van der Waals surface area (Å²) in [6.07, 6.45) is 0. The molecule has 0 unspecified atom stereocenters. The first-order chi connectivity index (χ1) is 11.1. The number of anilines is 1. The van der Waals surface area contributed by atoms with Crippen molar-refractivity contribution in [1.82, 2.24) is 0 Å². The fourth-order valence-electron chi connectivity index (χ4n) is 3.07. The van der Waals surface area contributed by atoms with Gasteiger partial charge in [-0.1, -0.05) is 42.1 Å². The molecule has 4 rings (SSSR count). The van der Waals surface area contributed by atoms with E-state index in [0.717, 1.165) is 17.3 Å². The minimum Gasteiger partial charge on any atom is -0.365 e. The van der Waals surface area contributed by atoms with E-state index in [-0.39, 0.29) is 5.91 Å². The third kappa shape index (κ3) is 2.35. The summed E-state index contributed by atoms with van der Waals surface area (Å²) >= 11 is 1.50. The summed E-state index contributed by atoms with van der Waals surface area (Å²) in [4.78, 5) is 14.3. The van der Waals surface area contributed by atoms with Gasteiger partial charge in [0, 0.05) is 11.4 Å². The lowest BCUT2D eigenvalue weighted by Crippen LogP contribution is -2.17. The van der Waals surface area contributed by atoms with Crippen molar-refractivity contribution in [2.45, 2.75) is 6.92 Å². The molecule has 23 heavy (non-hydrogen) atoms. The van der Waals surface area contributed by atoms with E-state index >= 15 is 0 Å². The predicted molar refractivity (Wildman–Crippen MR) is 98.3 cm³/mol. The molecule has 0 aliphatic carbocycles. The minimum atomic E-state index is -0.346. The molecule has 3 nitrogen and oxygen atoms in total. The molecular formula is C19H16N2OS. The number of nitrogens with zero attached hydrogens (tertiary/aromatic N) is 1. The second-order valence-corrected chi connectivity index (χ2v) is 6.67. The van der Waals surface area contributed by atoms with Crippen LogP contribution in [0.15, 0.2) is 65.2 Å². The summed E-state index contributed by atoms with van der Waals surface area (Å²) in [5.74, 6) is 0.380. The van der Waals surface area contributed by atoms with Crippen molar-refractivity contribution < 1.29 is 4.79 Å². The fourth-order valence-corrected chi connectivity index (χ4v) is 4.13. The van der Waals surface area contributed by atoms with E-state index in [2.05, 4.69) is 59.5 Å². The molecule has 4 heteroatoms. The van der Waals surface area contributed by atoms with Gasteiger partial charge >= 0.3 is 0 Å². The van der Waals surface area contributed by atoms with Gasteiger partial charge in [0.1, 0.15) is 0 Å². The fraction of sp³-hybridized carbons (Fsp3) is 0.105. The van der Waals surface area contributed by atoms with Crippen molar-refractivity contribution in [3.63, 3.8) is 0 Å². The average Bonchev–Trinajstić information content (AvgIpc) is 2.94. The maximum Gasteiger partial charge on any atom is 0.256 e. The number of amides is 1. The molecule has 1 aliphatic heterocycles. The molecule has 0 saturated carbocycles. The Bertz CT molecular complexity index is 977. The van der Waals surface area contributed by atoms with Crippen molar-refractivity contribution in [3.8, 4) is 0 Å². The number of benzene rings is 3. The van der Waals surface area contributed by atoms with Crippen molar-refractivity contribution in [1.29, 1.82) is 0 Å². The van der Waals surface area contributed by atoms with E-state index in [0.29, 0.717) is 4.91 Å². The van der Waals surface area contributed by atoms with Gasteiger partial charge in [-0.3, -0.25) is 4.79 Å². The van der Waals surface area contributed by atoms with Gasteiger partial charge in [-0.25, -0.2) is 0 Å². The van der Waals surface area contributed by atoms with Crippen LogP contribution >= 0.6 is 11.8 Å². The number of nitrogens with two attached hydrogens (primary N) is 1. The largest absolute Gasteiger partial charge is 0.365 e. The third-order valence-corrected chi connectivity index (χ3v) is 5.47. The summed E-state index contributed by atoms with van der Waals surface area (Å²) in [7, 11) is 0. The molecular weight excluding hydrogens is 304 g/mol. The monoisotopic (exact) mass is 320 g/mol. The standard InChI is InChI=1S/C19H16N2OS/c1-12-18(19(20)22)23-11-21(12)17-7-6-15-8-13-4-2-3-5-14(13)9-16(15)10-17/h2-10H,11H2,1H3,(H2,20,22). The lowest BCUT2D eigenvalue weighted by atomic mass is 10.0. The Kier molecular flexibility index (Phi) is 3.27. The molecule has 0 saturated heterocycles. The zero-order valence-electron chi connectivity index (χ0n) is 12.7. The van der Waals surface area contributed by atoms with Gasteiger partial charge in [-0.15, -0.1) is 0 Å². The predicted octanol–water partition coefficient (Wildman–Crippen LogP) is 4.22. The topological polar surface area (TPSA) is 46.3 Å². The van der Waals surface area contributed by atoms with Crippen molar-refractivity contribution in [2.75, 3.05) is 10.8 Å². The van der Waals surface area contributed by atoms with Crippen LogP contribution in [-0.2, 0) is 4.79 Å². The molecule has 0 fully saturated rings. The van der Waals surface area contributed by atoms with Gasteiger partial charge < -0.3 is 10.6 Å². The minimum absolute atomic E-state index is 0.346. The van der Waals surface area contributed by atoms with E-state index < -0.39 is 0 Å². The summed E-state index contributed by atoms with van der Waals surface area (Å²) in [6, 6.07) is 19.2. The summed E-state index contributed by atoms with van der Waals surface area (Å²) in [6.45, 7) is 1.95. The number of carbonyl (C=O) groups is 1. The SMILES string of the molecule is CC1=C(C(N)=O)SCN1c1ccc2cc3ccccc3cc2c1. The first-order valence-electron chi connectivity index (χ1n) is 7.47. The maximum atomic E-state index is 11.5. The van der Waals surface area contributed by atoms with Crippen LogP contribution in [0.4, 0.5) is 5.69 Å². The smallest absolute Gasteiger partial charge is 0.256 e. The van der Waals surface area contributed by atoms with Crippen LogP contribution in [0.2, 0.25) is 0 Å². The highest BCUT2D eigenvalue weighted by atomic mass is 32.2. The molecule has 1 aliphatic rings. The Hall–Kier alpha value is -2.46. The van der Waals surface area contributed by atoms with Crippen LogP contribution in [0.3, 0.4) is 0 Å². The number of primary amides is 1. The number of carbonyl (C=O) groups excluding carboxylic acids is 1. The Morgan fingerprint density at radius 3 is 2.30 bits per heavy atom. The molecule has 0 bridgehead atoms. The van der Waals surface area contributed by atoms with Crippen molar-refractivity contribution in [3.05, 3.63) is 65.2 Å². The zero-order chi connectivity index (χ0) is 16.0. The number of hydrogen-bond acceptors (Lipinski definition) is 3. The van der Waals surface area contributed by atoms with Crippen LogP contribution in [0.25, 0.3) is 21.5 Å². The highest BCUT2D eigenvalue weighted by molar-refractivity contribution is 8.04. The second-order valence-electron chi connectivity index (χ2n) is 5.71. The number of allylic oxidation sites excluding steroid dienone is 1. The van der Waals surface area contributed by atoms with Crippen LogP contribution in [0.1, 0.15) is 6.92 Å². The van der Waals surface area contributed by atoms with Crippen LogP contribution in [-0.4, -0.2) is 11.8 Å². The Labute approximate surface area is 138 Å². The van der Waals surface area contributed by atoms with Gasteiger partial charge in [0.25, 0.3) is 5.91 Å². The lowest BCUT2D eigenvalue weighted by molar-refractivity contribution is -0.113. The normalized spacial score (nSPS) is 14.9. The van der Waals surface area contributed by atoms with Gasteiger partial charge in [0.2, 0.25) is 0 Å². The molecule has 2 N–H and O–H groups in total. The Morgan fingerprint density at radius 2 is 1.65 bits per heavy atom. The first-order valence-corrected chi connectivity index (χ1v) is 8.45. The quantitative estimate of drug-likeness (QED) is 0.719. The van der Waals surface area contributed by atoms with Gasteiger partial charge in [0.15, 0.2) is 0 Å². The summed E-state index contributed by atoms with van der Waals surface area (Å²) < 4.78 is 0.